The maximum absolute atomic E-state index is 3.45. The number of hydrogen-bond donors (Lipinski definition) is 1. The van der Waals surface area contributed by atoms with Gasteiger partial charge in [-0.25, -0.2) is 0 Å². The Balaban J connectivity index is 2.09. The monoisotopic (exact) mass is 156 g/mol. The summed E-state index contributed by atoms with van der Waals surface area (Å²) >= 11 is 1.97. The molecule has 1 unspecified atom stereocenters. The summed E-state index contributed by atoms with van der Waals surface area (Å²) in [6, 6.07) is 0. The first kappa shape index (κ1) is 6.55. The summed E-state index contributed by atoms with van der Waals surface area (Å²) in [6.07, 6.45) is 0. The second-order valence-electron chi connectivity index (χ2n) is 2.98. The molecule has 0 aromatic carbocycles. The Morgan fingerprint density at radius 3 is 3.10 bits per heavy atom. The third kappa shape index (κ3) is 0.935. The Kier molecular flexibility index (Phi) is 1.42. The van der Waals surface area contributed by atoms with E-state index in [1.807, 2.05) is 11.8 Å². The van der Waals surface area contributed by atoms with Gasteiger partial charge < -0.3 is 5.32 Å². The summed E-state index contributed by atoms with van der Waals surface area (Å²) in [7, 11) is 2.16. The van der Waals surface area contributed by atoms with E-state index in [1.54, 1.807) is 4.91 Å². The number of hydrogen-bond acceptors (Lipinski definition) is 3. The molecule has 0 aliphatic carbocycles. The molecule has 1 N–H and O–H groups in total. The molecule has 2 aliphatic rings. The Bertz CT molecular complexity index is 152. The van der Waals surface area contributed by atoms with Crippen molar-refractivity contribution in [1.82, 2.24) is 10.2 Å². The van der Waals surface area contributed by atoms with E-state index >= 15 is 0 Å². The summed E-state index contributed by atoms with van der Waals surface area (Å²) < 4.78 is 0. The van der Waals surface area contributed by atoms with E-state index in [2.05, 4.69) is 24.2 Å². The van der Waals surface area contributed by atoms with E-state index in [0.717, 1.165) is 13.1 Å². The highest BCUT2D eigenvalue weighted by molar-refractivity contribution is 8.03. The lowest BCUT2D eigenvalue weighted by Crippen LogP contribution is -2.24. The number of nitrogens with zero attached hydrogens (tertiary/aromatic N) is 1. The van der Waals surface area contributed by atoms with Gasteiger partial charge in [0.25, 0.3) is 0 Å². The van der Waals surface area contributed by atoms with Crippen LogP contribution in [0.25, 0.3) is 0 Å². The fourth-order valence-corrected chi connectivity index (χ4v) is 2.67. The lowest BCUT2D eigenvalue weighted by atomic mass is 10.4. The lowest BCUT2D eigenvalue weighted by Gasteiger charge is -2.13. The molecule has 2 nitrogen and oxygen atoms in total. The third-order valence-electron chi connectivity index (χ3n) is 1.87. The van der Waals surface area contributed by atoms with Crippen molar-refractivity contribution in [1.29, 1.82) is 0 Å². The maximum Gasteiger partial charge on any atom is 0.0736 e. The topological polar surface area (TPSA) is 15.3 Å². The molecule has 2 rings (SSSR count). The second kappa shape index (κ2) is 2.17. The molecule has 2 heterocycles. The van der Waals surface area contributed by atoms with Crippen molar-refractivity contribution in [3.8, 4) is 0 Å². The minimum atomic E-state index is 0.610. The van der Waals surface area contributed by atoms with Gasteiger partial charge in [0.15, 0.2) is 0 Å². The van der Waals surface area contributed by atoms with Crippen molar-refractivity contribution in [3.63, 3.8) is 0 Å². The van der Waals surface area contributed by atoms with Gasteiger partial charge >= 0.3 is 0 Å². The van der Waals surface area contributed by atoms with Crippen LogP contribution in [0.1, 0.15) is 6.92 Å². The zero-order valence-corrected chi connectivity index (χ0v) is 7.16. The zero-order chi connectivity index (χ0) is 7.14. The van der Waals surface area contributed by atoms with Crippen LogP contribution in [0.4, 0.5) is 0 Å². The van der Waals surface area contributed by atoms with Crippen LogP contribution in [0, 0.1) is 0 Å². The summed E-state index contributed by atoms with van der Waals surface area (Å²) in [6.45, 7) is 4.48. The molecule has 0 fully saturated rings. The molecule has 0 radical (unpaired) electrons. The van der Waals surface area contributed by atoms with Gasteiger partial charge in [0.1, 0.15) is 0 Å². The molecule has 56 valence electrons. The Morgan fingerprint density at radius 2 is 2.40 bits per heavy atom. The quantitative estimate of drug-likeness (QED) is 0.559. The molecule has 1 atom stereocenters. The van der Waals surface area contributed by atoms with Crippen LogP contribution >= 0.6 is 11.8 Å². The molecule has 0 saturated carbocycles. The van der Waals surface area contributed by atoms with Crippen LogP contribution in [-0.2, 0) is 0 Å². The fourth-order valence-electron chi connectivity index (χ4n) is 1.48. The van der Waals surface area contributed by atoms with Gasteiger partial charge in [0, 0.05) is 23.7 Å². The summed E-state index contributed by atoms with van der Waals surface area (Å²) in [5.41, 5.74) is 1.46. The van der Waals surface area contributed by atoms with Gasteiger partial charge in [0.05, 0.1) is 5.37 Å². The van der Waals surface area contributed by atoms with Crippen molar-refractivity contribution in [2.75, 3.05) is 20.1 Å². The van der Waals surface area contributed by atoms with E-state index in [4.69, 9.17) is 0 Å². The van der Waals surface area contributed by atoms with Crippen molar-refractivity contribution in [2.24, 2.45) is 0 Å². The van der Waals surface area contributed by atoms with Gasteiger partial charge in [-0.2, -0.15) is 0 Å². The third-order valence-corrected chi connectivity index (χ3v) is 3.01. The highest BCUT2D eigenvalue weighted by Gasteiger charge is 2.27. The second-order valence-corrected chi connectivity index (χ2v) is 4.41. The normalized spacial score (nSPS) is 32.8. The molecule has 2 aliphatic heterocycles. The average Bonchev–Trinajstić information content (AvgIpc) is 2.21. The van der Waals surface area contributed by atoms with E-state index in [1.165, 1.54) is 5.70 Å². The van der Waals surface area contributed by atoms with Crippen LogP contribution < -0.4 is 5.32 Å². The van der Waals surface area contributed by atoms with Crippen molar-refractivity contribution >= 4 is 11.8 Å². The molecular weight excluding hydrogens is 144 g/mol. The average molecular weight is 156 g/mol. The van der Waals surface area contributed by atoms with Gasteiger partial charge in [0.2, 0.25) is 0 Å². The highest BCUT2D eigenvalue weighted by Crippen LogP contribution is 2.34. The highest BCUT2D eigenvalue weighted by atomic mass is 32.2. The van der Waals surface area contributed by atoms with Crippen LogP contribution in [-0.4, -0.2) is 30.4 Å². The smallest absolute Gasteiger partial charge is 0.0736 e. The predicted octanol–water partition coefficient (Wildman–Crippen LogP) is 0.826. The maximum atomic E-state index is 3.45. The first-order valence-electron chi connectivity index (χ1n) is 3.59. The van der Waals surface area contributed by atoms with E-state index < -0.39 is 0 Å². The molecule has 0 spiro atoms. The minimum Gasteiger partial charge on any atom is -0.375 e. The van der Waals surface area contributed by atoms with Gasteiger partial charge in [-0.15, -0.1) is 11.8 Å². The van der Waals surface area contributed by atoms with Crippen LogP contribution in [0.2, 0.25) is 0 Å². The first-order valence-corrected chi connectivity index (χ1v) is 4.47. The largest absolute Gasteiger partial charge is 0.375 e. The lowest BCUT2D eigenvalue weighted by molar-refractivity contribution is 0.419. The van der Waals surface area contributed by atoms with E-state index in [9.17, 15) is 0 Å². The Morgan fingerprint density at radius 1 is 1.60 bits per heavy atom. The number of likely N-dealkylation sites (N-methyl/N-ethyl adjacent to an activating group) is 1. The minimum absolute atomic E-state index is 0.610. The number of rotatable bonds is 0. The molecule has 0 bridgehead atoms. The SMILES string of the molecule is CC1NC2=C(CN(C)C2)S1. The van der Waals surface area contributed by atoms with Gasteiger partial charge in [-0.1, -0.05) is 0 Å². The van der Waals surface area contributed by atoms with E-state index in [-0.39, 0.29) is 0 Å². The first-order chi connectivity index (χ1) is 4.75. The Hall–Kier alpha value is -0.150. The molecular formula is C7H12N2S. The fraction of sp³-hybridized carbons (Fsp3) is 0.714. The summed E-state index contributed by atoms with van der Waals surface area (Å²) in [4.78, 5) is 3.88. The van der Waals surface area contributed by atoms with Crippen molar-refractivity contribution in [2.45, 2.75) is 12.3 Å². The van der Waals surface area contributed by atoms with Crippen LogP contribution in [0.15, 0.2) is 10.6 Å². The molecule has 0 aromatic rings. The standard InChI is InChI=1S/C7H12N2S/c1-5-8-6-3-9(2)4-7(6)10-5/h5,8H,3-4H2,1-2H3. The molecule has 0 amide bonds. The zero-order valence-electron chi connectivity index (χ0n) is 6.35. The number of thioether (sulfide) groups is 1. The summed E-state index contributed by atoms with van der Waals surface area (Å²) in [5.74, 6) is 0. The van der Waals surface area contributed by atoms with E-state index in [0.29, 0.717) is 5.37 Å². The molecule has 3 heteroatoms. The van der Waals surface area contributed by atoms with Crippen molar-refractivity contribution in [3.05, 3.63) is 10.6 Å². The number of nitrogens with one attached hydrogen (secondary N) is 1. The van der Waals surface area contributed by atoms with Crippen LogP contribution in [0.5, 0.6) is 0 Å². The van der Waals surface area contributed by atoms with Crippen LogP contribution in [0.3, 0.4) is 0 Å². The molecule has 10 heavy (non-hydrogen) atoms. The molecule has 0 aromatic heterocycles. The van der Waals surface area contributed by atoms with Crippen molar-refractivity contribution < 1.29 is 0 Å². The van der Waals surface area contributed by atoms with Gasteiger partial charge in [-0.05, 0) is 14.0 Å². The Labute approximate surface area is 65.7 Å². The van der Waals surface area contributed by atoms with Gasteiger partial charge in [-0.3, -0.25) is 4.90 Å². The summed E-state index contributed by atoms with van der Waals surface area (Å²) in [5, 5.41) is 4.06. The molecule has 0 saturated heterocycles. The predicted molar refractivity (Wildman–Crippen MR) is 44.7 cm³/mol.